The van der Waals surface area contributed by atoms with Crippen molar-refractivity contribution in [2.45, 2.75) is 39.0 Å². The third kappa shape index (κ3) is 8.82. The van der Waals surface area contributed by atoms with E-state index in [1.807, 2.05) is 19.1 Å². The maximum absolute atomic E-state index is 13.8. The molecular formula is C30H27ClK2N2O6. The number of aliphatic carboxylic acids is 2. The molecular weight excluding hydrogens is 598 g/mol. The minimum Gasteiger partial charge on any atom is -0.550 e. The summed E-state index contributed by atoms with van der Waals surface area (Å²) in [5.41, 5.74) is 3.93. The minimum absolute atomic E-state index is 0. The van der Waals surface area contributed by atoms with Crippen LogP contribution in [0.3, 0.4) is 0 Å². The van der Waals surface area contributed by atoms with Crippen molar-refractivity contribution in [2.75, 3.05) is 16.8 Å². The van der Waals surface area contributed by atoms with Gasteiger partial charge in [-0.05, 0) is 98.2 Å². The summed E-state index contributed by atoms with van der Waals surface area (Å²) in [5, 5.41) is 26.4. The summed E-state index contributed by atoms with van der Waals surface area (Å²) in [5.74, 6) is -5.60. The maximum atomic E-state index is 13.8. The maximum Gasteiger partial charge on any atom is 1.00 e. The number of hydrogen-bond donors (Lipinski definition) is 1. The fraction of sp³-hybridized carbons (Fsp3) is 0.267. The van der Waals surface area contributed by atoms with Crippen molar-refractivity contribution < 1.29 is 132 Å². The van der Waals surface area contributed by atoms with Crippen LogP contribution in [0.1, 0.15) is 62.6 Å². The van der Waals surface area contributed by atoms with E-state index in [0.717, 1.165) is 5.56 Å². The Morgan fingerprint density at radius 1 is 0.951 bits per heavy atom. The molecule has 0 bridgehead atoms. The molecule has 0 saturated carbocycles. The normalized spacial score (nSPS) is 14.8. The fourth-order valence-corrected chi connectivity index (χ4v) is 5.35. The van der Waals surface area contributed by atoms with Crippen LogP contribution in [0.5, 0.6) is 0 Å². The summed E-state index contributed by atoms with van der Waals surface area (Å²) in [6, 6.07) is 17.1. The second-order valence-electron chi connectivity index (χ2n) is 9.71. The Bertz CT molecular complexity index is 1460. The molecule has 0 aliphatic carbocycles. The summed E-state index contributed by atoms with van der Waals surface area (Å²) in [4.78, 5) is 51.3. The predicted molar refractivity (Wildman–Crippen MR) is 144 cm³/mol. The van der Waals surface area contributed by atoms with Gasteiger partial charge in [0.05, 0.1) is 0 Å². The van der Waals surface area contributed by atoms with Gasteiger partial charge in [-0.2, -0.15) is 0 Å². The van der Waals surface area contributed by atoms with E-state index in [9.17, 15) is 29.4 Å². The van der Waals surface area contributed by atoms with Gasteiger partial charge in [-0.1, -0.05) is 29.8 Å². The van der Waals surface area contributed by atoms with E-state index >= 15 is 0 Å². The summed E-state index contributed by atoms with van der Waals surface area (Å²) in [6.07, 6.45) is 0.0523. The number of anilines is 2. The monoisotopic (exact) mass is 624 g/mol. The van der Waals surface area contributed by atoms with E-state index in [0.29, 0.717) is 58.0 Å². The summed E-state index contributed by atoms with van der Waals surface area (Å²) < 4.78 is 0. The molecule has 4 rings (SSSR count). The van der Waals surface area contributed by atoms with Gasteiger partial charge < -0.3 is 30.0 Å². The third-order valence-corrected chi connectivity index (χ3v) is 7.34. The second-order valence-corrected chi connectivity index (χ2v) is 10.1. The number of nitrogens with one attached hydrogen (secondary N) is 1. The van der Waals surface area contributed by atoms with Crippen molar-refractivity contribution in [1.82, 2.24) is 0 Å². The van der Waals surface area contributed by atoms with Crippen LogP contribution in [0.15, 0.2) is 60.7 Å². The average Bonchev–Trinajstić information content (AvgIpc) is 3.06. The van der Waals surface area contributed by atoms with Gasteiger partial charge in [0.15, 0.2) is 0 Å². The Hall–Kier alpha value is -0.897. The molecule has 3 aromatic rings. The molecule has 1 heterocycles. The summed E-state index contributed by atoms with van der Waals surface area (Å²) in [6.45, 7) is 3.92. The Morgan fingerprint density at radius 2 is 1.66 bits per heavy atom. The molecule has 0 radical (unpaired) electrons. The van der Waals surface area contributed by atoms with Crippen LogP contribution in [0.25, 0.3) is 0 Å². The van der Waals surface area contributed by atoms with E-state index in [1.165, 1.54) is 0 Å². The van der Waals surface area contributed by atoms with Gasteiger partial charge >= 0.3 is 103 Å². The van der Waals surface area contributed by atoms with Crippen LogP contribution in [-0.2, 0) is 9.59 Å². The molecule has 1 N–H and O–H groups in total. The van der Waals surface area contributed by atoms with Crippen LogP contribution >= 0.6 is 11.6 Å². The van der Waals surface area contributed by atoms with Crippen LogP contribution in [0, 0.1) is 19.8 Å². The van der Waals surface area contributed by atoms with Crippen LogP contribution < -0.4 is 123 Å². The zero-order valence-corrected chi connectivity index (χ0v) is 30.5. The van der Waals surface area contributed by atoms with Crippen molar-refractivity contribution in [1.29, 1.82) is 0 Å². The first-order valence-electron chi connectivity index (χ1n) is 12.6. The number of nitrogens with zero attached hydrogens (tertiary/aromatic N) is 1. The van der Waals surface area contributed by atoms with Crippen molar-refractivity contribution in [3.05, 3.63) is 93.5 Å². The molecule has 0 fully saturated rings. The van der Waals surface area contributed by atoms with Crippen molar-refractivity contribution in [3.8, 4) is 0 Å². The van der Waals surface area contributed by atoms with Crippen molar-refractivity contribution >= 4 is 46.7 Å². The van der Waals surface area contributed by atoms with Gasteiger partial charge in [0.1, 0.15) is 0 Å². The Kier molecular flexibility index (Phi) is 14.4. The number of hydrogen-bond acceptors (Lipinski definition) is 6. The predicted octanol–water partition coefficient (Wildman–Crippen LogP) is -2.75. The number of benzene rings is 3. The van der Waals surface area contributed by atoms with Gasteiger partial charge in [0.2, 0.25) is 0 Å². The molecule has 0 saturated heterocycles. The van der Waals surface area contributed by atoms with E-state index in [1.54, 1.807) is 60.4 Å². The van der Waals surface area contributed by atoms with Crippen LogP contribution in [0.2, 0.25) is 5.02 Å². The van der Waals surface area contributed by atoms with Crippen molar-refractivity contribution in [3.63, 3.8) is 0 Å². The molecule has 202 valence electrons. The van der Waals surface area contributed by atoms with E-state index in [4.69, 9.17) is 11.6 Å². The van der Waals surface area contributed by atoms with Gasteiger partial charge in [-0.3, -0.25) is 9.59 Å². The molecule has 8 nitrogen and oxygen atoms in total. The molecule has 0 spiro atoms. The summed E-state index contributed by atoms with van der Waals surface area (Å²) >= 11 is 6.24. The molecule has 2 amide bonds. The smallest absolute Gasteiger partial charge is 0.550 e. The number of fused-ring (bicyclic) bond motifs is 1. The van der Waals surface area contributed by atoms with Gasteiger partial charge in [-0.25, -0.2) is 0 Å². The average molecular weight is 625 g/mol. The quantitative estimate of drug-likeness (QED) is 0.284. The molecule has 1 aliphatic heterocycles. The Balaban J connectivity index is 0.00000294. The fourth-order valence-electron chi connectivity index (χ4n) is 5.16. The molecule has 0 aromatic heterocycles. The molecule has 1 aliphatic rings. The standard InChI is InChI=1S/C30H29ClN2O6.2K/c1-17-6-3-4-7-21(17)28(36)32-20-10-11-22(18(2)14-20)29(37)33-13-5-8-23(25(30(38)39)16-27(34)35)24-15-19(31)9-12-26(24)33;;/h3-4,6-7,9-12,14-15,23,25H,5,8,13,16H2,1-2H3,(H,32,36)(H,34,35)(H,38,39);;/q;2*+1/p-2. The number of rotatable bonds is 7. The number of carboxylic acid groups (broad SMARTS) is 2. The van der Waals surface area contributed by atoms with E-state index in [-0.39, 0.29) is 115 Å². The first-order chi connectivity index (χ1) is 18.6. The van der Waals surface area contributed by atoms with E-state index in [2.05, 4.69) is 5.32 Å². The second kappa shape index (κ2) is 16.3. The number of carboxylic acids is 2. The molecule has 2 atom stereocenters. The molecule has 2 unspecified atom stereocenters. The number of amides is 2. The van der Waals surface area contributed by atoms with Gasteiger partial charge in [-0.15, -0.1) is 0 Å². The van der Waals surface area contributed by atoms with Crippen LogP contribution in [0.4, 0.5) is 11.4 Å². The van der Waals surface area contributed by atoms with E-state index < -0.39 is 30.2 Å². The minimum atomic E-state index is -1.49. The molecule has 3 aromatic carbocycles. The Labute approximate surface area is 329 Å². The zero-order valence-electron chi connectivity index (χ0n) is 23.5. The third-order valence-electron chi connectivity index (χ3n) is 7.10. The van der Waals surface area contributed by atoms with Crippen molar-refractivity contribution in [2.24, 2.45) is 5.92 Å². The van der Waals surface area contributed by atoms with Crippen LogP contribution in [-0.4, -0.2) is 30.3 Å². The first kappa shape index (κ1) is 36.3. The molecule has 11 heteroatoms. The number of carbonyl (C=O) groups is 4. The summed E-state index contributed by atoms with van der Waals surface area (Å²) in [7, 11) is 0. The number of halogens is 1. The number of carbonyl (C=O) groups excluding carboxylic acids is 4. The molecule has 41 heavy (non-hydrogen) atoms. The van der Waals surface area contributed by atoms with Gasteiger partial charge in [0.25, 0.3) is 11.8 Å². The number of aryl methyl sites for hydroxylation is 2. The topological polar surface area (TPSA) is 130 Å². The Morgan fingerprint density at radius 3 is 2.29 bits per heavy atom. The largest absolute Gasteiger partial charge is 1.00 e. The zero-order chi connectivity index (χ0) is 28.3. The first-order valence-corrected chi connectivity index (χ1v) is 12.9. The SMILES string of the molecule is Cc1ccccc1C(=O)Nc1ccc(C(=O)N2CCCC(C(CC(=O)[O-])C(=O)[O-])c3cc(Cl)ccc32)c(C)c1.[K+].[K+]. The van der Waals surface area contributed by atoms with Gasteiger partial charge in [0, 0.05) is 51.9 Å².